The van der Waals surface area contributed by atoms with Crippen LogP contribution in [0.5, 0.6) is 11.5 Å². The molecule has 2 heterocycles. The molecule has 1 aliphatic carbocycles. The minimum Gasteiger partial charge on any atom is -0.478 e. The molecule has 0 bridgehead atoms. The SMILES string of the molecule is CCCCN1C(=O)[C@@H](C(O)C2CC=CC2)NC(=O)C12CCN(Cc1ccc(Oc3ccc(C(=O)O)cc3C)cc1)CC2. The molecule has 1 spiro atoms. The van der Waals surface area contributed by atoms with Crippen LogP contribution in [0, 0.1) is 12.8 Å². The number of nitrogens with zero attached hydrogens (tertiary/aromatic N) is 2. The van der Waals surface area contributed by atoms with Crippen molar-refractivity contribution < 1.29 is 29.3 Å². The highest BCUT2D eigenvalue weighted by Gasteiger charge is 2.55. The summed E-state index contributed by atoms with van der Waals surface area (Å²) in [4.78, 5) is 42.7. The van der Waals surface area contributed by atoms with Crippen molar-refractivity contribution in [3.63, 3.8) is 0 Å². The number of piperidine rings is 1. The maximum Gasteiger partial charge on any atom is 0.335 e. The van der Waals surface area contributed by atoms with E-state index in [0.29, 0.717) is 50.5 Å². The standard InChI is InChI=1S/C33H41N3O6/c1-3-4-17-36-30(38)28(29(37)24-7-5-6-8-24)34-32(41)33(36)15-18-35(19-16-33)21-23-9-12-26(13-10-23)42-27-14-11-25(31(39)40)20-22(27)2/h5-6,9-14,20,24,28-29,37H,3-4,7-8,15-19,21H2,1-2H3,(H,34,41)(H,39,40)/t28-,29?/m1/s1. The fourth-order valence-electron chi connectivity index (χ4n) is 6.42. The van der Waals surface area contributed by atoms with Crippen molar-refractivity contribution in [1.82, 2.24) is 15.1 Å². The number of aromatic carboxylic acids is 1. The first-order chi connectivity index (χ1) is 20.2. The van der Waals surface area contributed by atoms with E-state index in [2.05, 4.69) is 17.1 Å². The fraction of sp³-hybridized carbons (Fsp3) is 0.485. The van der Waals surface area contributed by atoms with Crippen LogP contribution in [0.4, 0.5) is 0 Å². The van der Waals surface area contributed by atoms with Gasteiger partial charge in [-0.3, -0.25) is 14.5 Å². The zero-order chi connectivity index (χ0) is 29.9. The highest BCUT2D eigenvalue weighted by Crippen LogP contribution is 2.36. The van der Waals surface area contributed by atoms with E-state index in [1.807, 2.05) is 43.3 Å². The van der Waals surface area contributed by atoms with Gasteiger partial charge in [-0.2, -0.15) is 0 Å². The van der Waals surface area contributed by atoms with Crippen LogP contribution >= 0.6 is 0 Å². The number of rotatable bonds is 10. The third kappa shape index (κ3) is 6.08. The molecule has 0 aromatic heterocycles. The van der Waals surface area contributed by atoms with Crippen LogP contribution in [0.15, 0.2) is 54.6 Å². The van der Waals surface area contributed by atoms with E-state index in [1.165, 1.54) is 6.07 Å². The summed E-state index contributed by atoms with van der Waals surface area (Å²) in [7, 11) is 0. The molecule has 2 aromatic carbocycles. The molecule has 2 aliphatic heterocycles. The molecule has 2 atom stereocenters. The predicted octanol–water partition coefficient (Wildman–Crippen LogP) is 4.27. The molecule has 224 valence electrons. The van der Waals surface area contributed by atoms with Crippen molar-refractivity contribution in [2.45, 2.75) is 76.6 Å². The summed E-state index contributed by atoms with van der Waals surface area (Å²) in [5, 5.41) is 23.1. The number of carboxylic acids is 1. The number of unbranched alkanes of at least 4 members (excludes halogenated alkanes) is 1. The average Bonchev–Trinajstić information content (AvgIpc) is 3.53. The van der Waals surface area contributed by atoms with Gasteiger partial charge < -0.3 is 25.2 Å². The predicted molar refractivity (Wildman–Crippen MR) is 158 cm³/mol. The van der Waals surface area contributed by atoms with Crippen molar-refractivity contribution in [3.8, 4) is 11.5 Å². The van der Waals surface area contributed by atoms with E-state index in [4.69, 9.17) is 4.74 Å². The number of piperazine rings is 1. The molecular weight excluding hydrogens is 534 g/mol. The zero-order valence-corrected chi connectivity index (χ0v) is 24.4. The minimum atomic E-state index is -0.970. The van der Waals surface area contributed by atoms with E-state index < -0.39 is 23.7 Å². The third-order valence-corrected chi connectivity index (χ3v) is 9.02. The molecule has 2 amide bonds. The van der Waals surface area contributed by atoms with Gasteiger partial charge in [-0.25, -0.2) is 4.79 Å². The smallest absolute Gasteiger partial charge is 0.335 e. The Labute approximate surface area is 247 Å². The zero-order valence-electron chi connectivity index (χ0n) is 24.4. The summed E-state index contributed by atoms with van der Waals surface area (Å²) >= 11 is 0. The molecule has 5 rings (SSSR count). The molecule has 1 unspecified atom stereocenters. The monoisotopic (exact) mass is 575 g/mol. The lowest BCUT2D eigenvalue weighted by atomic mass is 9.79. The molecule has 2 aromatic rings. The number of carboxylic acid groups (broad SMARTS) is 1. The van der Waals surface area contributed by atoms with Gasteiger partial charge in [-0.05, 0) is 86.4 Å². The maximum atomic E-state index is 13.7. The normalized spacial score (nSPS) is 21.5. The second-order valence-corrected chi connectivity index (χ2v) is 11.8. The van der Waals surface area contributed by atoms with Gasteiger partial charge in [0, 0.05) is 26.2 Å². The Morgan fingerprint density at radius 2 is 1.79 bits per heavy atom. The van der Waals surface area contributed by atoms with Crippen LogP contribution < -0.4 is 10.1 Å². The van der Waals surface area contributed by atoms with Gasteiger partial charge in [-0.1, -0.05) is 37.6 Å². The van der Waals surface area contributed by atoms with Crippen LogP contribution in [0.1, 0.15) is 66.9 Å². The fourth-order valence-corrected chi connectivity index (χ4v) is 6.42. The second kappa shape index (κ2) is 12.7. The van der Waals surface area contributed by atoms with Crippen LogP contribution in [0.25, 0.3) is 0 Å². The lowest BCUT2D eigenvalue weighted by molar-refractivity contribution is -0.165. The van der Waals surface area contributed by atoms with Gasteiger partial charge in [0.15, 0.2) is 0 Å². The molecule has 9 nitrogen and oxygen atoms in total. The first-order valence-electron chi connectivity index (χ1n) is 15.0. The van der Waals surface area contributed by atoms with Gasteiger partial charge in [0.05, 0.1) is 11.7 Å². The van der Waals surface area contributed by atoms with Crippen molar-refractivity contribution >= 4 is 17.8 Å². The maximum absolute atomic E-state index is 13.7. The Morgan fingerprint density at radius 3 is 2.40 bits per heavy atom. The first-order valence-corrected chi connectivity index (χ1v) is 15.0. The second-order valence-electron chi connectivity index (χ2n) is 11.8. The van der Waals surface area contributed by atoms with Gasteiger partial charge in [0.2, 0.25) is 11.8 Å². The molecule has 3 aliphatic rings. The van der Waals surface area contributed by atoms with E-state index in [-0.39, 0.29) is 23.3 Å². The number of nitrogens with one attached hydrogen (secondary N) is 1. The number of amides is 2. The van der Waals surface area contributed by atoms with Crippen LogP contribution in [-0.4, -0.2) is 75.1 Å². The number of allylic oxidation sites excluding steroid dienone is 2. The molecular formula is C33H41N3O6. The lowest BCUT2D eigenvalue weighted by Gasteiger charge is -2.52. The number of likely N-dealkylation sites (tertiary alicyclic amines) is 1. The van der Waals surface area contributed by atoms with Crippen LogP contribution in [0.3, 0.4) is 0 Å². The van der Waals surface area contributed by atoms with Gasteiger partial charge in [-0.15, -0.1) is 0 Å². The van der Waals surface area contributed by atoms with Crippen molar-refractivity contribution in [2.24, 2.45) is 5.92 Å². The van der Waals surface area contributed by atoms with Gasteiger partial charge >= 0.3 is 5.97 Å². The highest BCUT2D eigenvalue weighted by molar-refractivity contribution is 6.00. The Kier molecular flexibility index (Phi) is 8.99. The van der Waals surface area contributed by atoms with Crippen molar-refractivity contribution in [1.29, 1.82) is 0 Å². The number of hydrogen-bond acceptors (Lipinski definition) is 6. The Bertz CT molecular complexity index is 1320. The summed E-state index contributed by atoms with van der Waals surface area (Å²) in [6.45, 7) is 6.48. The Balaban J connectivity index is 1.21. The Hall–Kier alpha value is -3.69. The number of aliphatic hydroxyl groups is 1. The van der Waals surface area contributed by atoms with E-state index >= 15 is 0 Å². The summed E-state index contributed by atoms with van der Waals surface area (Å²) in [5.41, 5.74) is 1.20. The highest BCUT2D eigenvalue weighted by atomic mass is 16.5. The molecule has 2 saturated heterocycles. The quantitative estimate of drug-likeness (QED) is 0.362. The lowest BCUT2D eigenvalue weighted by Crippen LogP contribution is -2.75. The van der Waals surface area contributed by atoms with Crippen molar-refractivity contribution in [2.75, 3.05) is 19.6 Å². The summed E-state index contributed by atoms with van der Waals surface area (Å²) in [5.74, 6) is -0.0304. The number of carbonyl (C=O) groups excluding carboxylic acids is 2. The number of ether oxygens (including phenoxy) is 1. The number of hydrogen-bond donors (Lipinski definition) is 3. The van der Waals surface area contributed by atoms with E-state index in [9.17, 15) is 24.6 Å². The van der Waals surface area contributed by atoms with Crippen LogP contribution in [-0.2, 0) is 16.1 Å². The average molecular weight is 576 g/mol. The number of aliphatic hydroxyl groups excluding tert-OH is 1. The molecule has 2 fully saturated rings. The number of carbonyl (C=O) groups is 3. The molecule has 3 N–H and O–H groups in total. The molecule has 0 radical (unpaired) electrons. The first kappa shape index (κ1) is 29.8. The number of aryl methyl sites for hydroxylation is 1. The van der Waals surface area contributed by atoms with Gasteiger partial charge in [0.1, 0.15) is 23.1 Å². The summed E-state index contributed by atoms with van der Waals surface area (Å²) < 4.78 is 5.98. The molecule has 9 heteroatoms. The minimum absolute atomic E-state index is 0.0403. The topological polar surface area (TPSA) is 119 Å². The van der Waals surface area contributed by atoms with Crippen LogP contribution in [0.2, 0.25) is 0 Å². The Morgan fingerprint density at radius 1 is 1.10 bits per heavy atom. The third-order valence-electron chi connectivity index (χ3n) is 9.02. The molecule has 0 saturated carbocycles. The number of benzene rings is 2. The summed E-state index contributed by atoms with van der Waals surface area (Å²) in [6, 6.07) is 11.7. The van der Waals surface area contributed by atoms with Gasteiger partial charge in [0.25, 0.3) is 0 Å². The van der Waals surface area contributed by atoms with Crippen molar-refractivity contribution in [3.05, 3.63) is 71.3 Å². The largest absolute Gasteiger partial charge is 0.478 e. The summed E-state index contributed by atoms with van der Waals surface area (Å²) in [6.07, 6.45) is 7.44. The van der Waals surface area contributed by atoms with E-state index in [0.717, 1.165) is 36.8 Å². The van der Waals surface area contributed by atoms with E-state index in [1.54, 1.807) is 17.0 Å². The molecule has 42 heavy (non-hydrogen) atoms.